The summed E-state index contributed by atoms with van der Waals surface area (Å²) in [6.07, 6.45) is -0.254. The second-order valence-corrected chi connectivity index (χ2v) is 6.45. The predicted octanol–water partition coefficient (Wildman–Crippen LogP) is 1.00. The van der Waals surface area contributed by atoms with Crippen molar-refractivity contribution in [3.05, 3.63) is 28.0 Å². The van der Waals surface area contributed by atoms with Crippen molar-refractivity contribution in [2.24, 2.45) is 5.14 Å². The lowest BCUT2D eigenvalue weighted by Crippen LogP contribution is -2.32. The molecule has 0 aromatic heterocycles. The molecule has 0 heterocycles. The van der Waals surface area contributed by atoms with E-state index in [1.165, 1.54) is 7.11 Å². The summed E-state index contributed by atoms with van der Waals surface area (Å²) in [6.45, 7) is 1.88. The maximum atomic E-state index is 13.7. The van der Waals surface area contributed by atoms with Crippen LogP contribution in [0.25, 0.3) is 0 Å². The minimum absolute atomic E-state index is 0.0423. The summed E-state index contributed by atoms with van der Waals surface area (Å²) < 4.78 is 41.3. The average Bonchev–Trinajstić information content (AvgIpc) is 2.33. The highest BCUT2D eigenvalue weighted by Crippen LogP contribution is 2.24. The van der Waals surface area contributed by atoms with Crippen molar-refractivity contribution in [3.63, 3.8) is 0 Å². The van der Waals surface area contributed by atoms with Crippen LogP contribution < -0.4 is 10.5 Å². The van der Waals surface area contributed by atoms with Crippen LogP contribution in [0.1, 0.15) is 17.3 Å². The Morgan fingerprint density at radius 3 is 2.65 bits per heavy atom. The van der Waals surface area contributed by atoms with E-state index in [-0.39, 0.29) is 22.0 Å². The lowest BCUT2D eigenvalue weighted by molar-refractivity contribution is 0.0866. The molecule has 0 aliphatic carbocycles. The van der Waals surface area contributed by atoms with Crippen LogP contribution in [-0.2, 0) is 14.8 Å². The van der Waals surface area contributed by atoms with Crippen LogP contribution in [0.5, 0.6) is 0 Å². The van der Waals surface area contributed by atoms with Crippen LogP contribution in [0.3, 0.4) is 0 Å². The fraction of sp³-hybridized carbons (Fsp3) is 0.364. The molecule has 6 nitrogen and oxygen atoms in total. The topological polar surface area (TPSA) is 98.5 Å². The number of amides is 1. The van der Waals surface area contributed by atoms with E-state index in [9.17, 15) is 17.6 Å². The van der Waals surface area contributed by atoms with Gasteiger partial charge in [0.15, 0.2) is 0 Å². The molecule has 1 unspecified atom stereocenters. The van der Waals surface area contributed by atoms with Crippen LogP contribution in [-0.4, -0.2) is 34.1 Å². The number of halogens is 2. The highest BCUT2D eigenvalue weighted by atomic mass is 79.9. The molecule has 1 rings (SSSR count). The first-order valence-corrected chi connectivity index (χ1v) is 7.83. The zero-order chi connectivity index (χ0) is 15.5. The molecule has 0 aliphatic heterocycles. The minimum atomic E-state index is -4.06. The first-order valence-electron chi connectivity index (χ1n) is 5.49. The maximum absolute atomic E-state index is 13.7. The van der Waals surface area contributed by atoms with Gasteiger partial charge in [0.1, 0.15) is 5.82 Å². The second kappa shape index (κ2) is 6.61. The molecule has 1 aromatic carbocycles. The summed E-state index contributed by atoms with van der Waals surface area (Å²) in [7, 11) is -2.59. The molecule has 3 N–H and O–H groups in total. The SMILES string of the molecule is COC(C)CNC(=O)c1cc(S(N)(=O)=O)c(Br)cc1F. The van der Waals surface area contributed by atoms with E-state index in [0.29, 0.717) is 0 Å². The third kappa shape index (κ3) is 4.23. The number of ether oxygens (including phenoxy) is 1. The van der Waals surface area contributed by atoms with Gasteiger partial charge in [-0.1, -0.05) is 0 Å². The molecule has 9 heteroatoms. The van der Waals surface area contributed by atoms with Gasteiger partial charge in [-0.3, -0.25) is 4.79 Å². The van der Waals surface area contributed by atoms with Crippen molar-refractivity contribution in [1.82, 2.24) is 5.32 Å². The number of carbonyl (C=O) groups excluding carboxylic acids is 1. The molecule has 1 amide bonds. The first kappa shape index (κ1) is 17.0. The Bertz CT molecular complexity index is 621. The Morgan fingerprint density at radius 2 is 2.15 bits per heavy atom. The first-order chi connectivity index (χ1) is 9.16. The van der Waals surface area contributed by atoms with Crippen molar-refractivity contribution >= 4 is 31.9 Å². The smallest absolute Gasteiger partial charge is 0.254 e. The van der Waals surface area contributed by atoms with E-state index >= 15 is 0 Å². The predicted molar refractivity (Wildman–Crippen MR) is 74.3 cm³/mol. The highest BCUT2D eigenvalue weighted by molar-refractivity contribution is 9.10. The van der Waals surface area contributed by atoms with Crippen molar-refractivity contribution in [2.45, 2.75) is 17.9 Å². The zero-order valence-electron chi connectivity index (χ0n) is 10.8. The lowest BCUT2D eigenvalue weighted by Gasteiger charge is -2.12. The molecule has 1 atom stereocenters. The summed E-state index contributed by atoms with van der Waals surface area (Å²) in [6, 6.07) is 1.77. The van der Waals surface area contributed by atoms with Crippen LogP contribution in [0, 0.1) is 5.82 Å². The van der Waals surface area contributed by atoms with Gasteiger partial charge in [-0.25, -0.2) is 17.9 Å². The van der Waals surface area contributed by atoms with Gasteiger partial charge in [0, 0.05) is 18.1 Å². The fourth-order valence-corrected chi connectivity index (χ4v) is 2.94. The van der Waals surface area contributed by atoms with Gasteiger partial charge in [0.05, 0.1) is 16.6 Å². The van der Waals surface area contributed by atoms with Crippen LogP contribution >= 0.6 is 15.9 Å². The number of hydrogen-bond acceptors (Lipinski definition) is 4. The normalized spacial score (nSPS) is 13.1. The molecule has 1 aromatic rings. The largest absolute Gasteiger partial charge is 0.380 e. The van der Waals surface area contributed by atoms with E-state index < -0.39 is 27.3 Å². The van der Waals surface area contributed by atoms with E-state index in [4.69, 9.17) is 9.88 Å². The number of carbonyl (C=O) groups is 1. The molecule has 20 heavy (non-hydrogen) atoms. The Balaban J connectivity index is 3.10. The summed E-state index contributed by atoms with van der Waals surface area (Å²) in [5.41, 5.74) is -0.402. The van der Waals surface area contributed by atoms with E-state index in [1.807, 2.05) is 0 Å². The number of rotatable bonds is 5. The third-order valence-corrected chi connectivity index (χ3v) is 4.39. The molecule has 0 radical (unpaired) electrons. The molecular formula is C11H14BrFN2O4S. The van der Waals surface area contributed by atoms with Gasteiger partial charge in [-0.2, -0.15) is 0 Å². The molecule has 0 fully saturated rings. The van der Waals surface area contributed by atoms with Crippen LogP contribution in [0.15, 0.2) is 21.5 Å². The standard InChI is InChI=1S/C11H14BrFN2O4S/c1-6(19-2)5-15-11(16)7-3-10(20(14,17)18)8(12)4-9(7)13/h3-4,6H,5H2,1-2H3,(H,15,16)(H2,14,17,18). The summed E-state index contributed by atoms with van der Waals surface area (Å²) >= 11 is 2.89. The quantitative estimate of drug-likeness (QED) is 0.809. The second-order valence-electron chi connectivity index (χ2n) is 4.06. The number of nitrogens with one attached hydrogen (secondary N) is 1. The molecule has 0 bridgehead atoms. The average molecular weight is 369 g/mol. The van der Waals surface area contributed by atoms with Crippen molar-refractivity contribution in [3.8, 4) is 0 Å². The van der Waals surface area contributed by atoms with Crippen LogP contribution in [0.2, 0.25) is 0 Å². The van der Waals surface area contributed by atoms with Crippen molar-refractivity contribution < 1.29 is 22.3 Å². The van der Waals surface area contributed by atoms with Gasteiger partial charge in [-0.15, -0.1) is 0 Å². The third-order valence-electron chi connectivity index (χ3n) is 2.53. The number of methoxy groups -OCH3 is 1. The Kier molecular flexibility index (Phi) is 5.63. The number of nitrogens with two attached hydrogens (primary N) is 1. The van der Waals surface area contributed by atoms with Gasteiger partial charge in [0.2, 0.25) is 10.0 Å². The molecule has 0 saturated carbocycles. The van der Waals surface area contributed by atoms with Gasteiger partial charge in [-0.05, 0) is 35.0 Å². The fourth-order valence-electron chi connectivity index (χ4n) is 1.34. The van der Waals surface area contributed by atoms with Gasteiger partial charge < -0.3 is 10.1 Å². The van der Waals surface area contributed by atoms with E-state index in [1.54, 1.807) is 6.92 Å². The van der Waals surface area contributed by atoms with Gasteiger partial charge >= 0.3 is 0 Å². The zero-order valence-corrected chi connectivity index (χ0v) is 13.2. The molecule has 112 valence electrons. The molecule has 0 spiro atoms. The summed E-state index contributed by atoms with van der Waals surface area (Å²) in [5, 5.41) is 7.42. The Labute approximate surface area is 124 Å². The summed E-state index contributed by atoms with van der Waals surface area (Å²) in [4.78, 5) is 11.5. The highest BCUT2D eigenvalue weighted by Gasteiger charge is 2.20. The maximum Gasteiger partial charge on any atom is 0.254 e. The summed E-state index contributed by atoms with van der Waals surface area (Å²) in [5.74, 6) is -1.60. The number of benzene rings is 1. The monoisotopic (exact) mass is 368 g/mol. The van der Waals surface area contributed by atoms with Crippen molar-refractivity contribution in [2.75, 3.05) is 13.7 Å². The van der Waals surface area contributed by atoms with E-state index in [2.05, 4.69) is 21.2 Å². The van der Waals surface area contributed by atoms with Gasteiger partial charge in [0.25, 0.3) is 5.91 Å². The molecular weight excluding hydrogens is 355 g/mol. The Morgan fingerprint density at radius 1 is 1.55 bits per heavy atom. The van der Waals surface area contributed by atoms with E-state index in [0.717, 1.165) is 12.1 Å². The molecule has 0 aliphatic rings. The number of primary sulfonamides is 1. The van der Waals surface area contributed by atoms with Crippen LogP contribution in [0.4, 0.5) is 4.39 Å². The van der Waals surface area contributed by atoms with Crippen molar-refractivity contribution in [1.29, 1.82) is 0 Å². The number of hydrogen-bond donors (Lipinski definition) is 2. The molecule has 0 saturated heterocycles. The Hall–Kier alpha value is -1.03. The lowest BCUT2D eigenvalue weighted by atomic mass is 10.2. The minimum Gasteiger partial charge on any atom is -0.380 e. The number of sulfonamides is 1.